The van der Waals surface area contributed by atoms with Gasteiger partial charge in [0, 0.05) is 51.1 Å². The first kappa shape index (κ1) is 34.1. The lowest BCUT2D eigenvalue weighted by molar-refractivity contribution is -0.137. The normalized spacial score (nSPS) is 17.8. The zero-order chi connectivity index (χ0) is 32.5. The Kier molecular flexibility index (Phi) is 12.1. The molecule has 3 N–H and O–H groups in total. The number of hydrogen-bond acceptors (Lipinski definition) is 6. The van der Waals surface area contributed by atoms with Crippen molar-refractivity contribution in [2.24, 2.45) is 11.8 Å². The van der Waals surface area contributed by atoms with Gasteiger partial charge in [-0.05, 0) is 57.4 Å². The van der Waals surface area contributed by atoms with E-state index in [4.69, 9.17) is 0 Å². The zero-order valence-corrected chi connectivity index (χ0v) is 27.0. The van der Waals surface area contributed by atoms with Gasteiger partial charge in [-0.3, -0.25) is 19.2 Å². The van der Waals surface area contributed by atoms with E-state index in [2.05, 4.69) is 25.9 Å². The number of amides is 4. The fourth-order valence-corrected chi connectivity index (χ4v) is 6.20. The molecule has 1 aliphatic carbocycles. The Bertz CT molecular complexity index is 1330. The van der Waals surface area contributed by atoms with E-state index in [9.17, 15) is 19.2 Å². The number of likely N-dealkylation sites (N-methyl/N-ethyl adjacent to an activating group) is 1. The molecule has 2 heterocycles. The van der Waals surface area contributed by atoms with E-state index in [-0.39, 0.29) is 42.3 Å². The highest BCUT2D eigenvalue weighted by Gasteiger charge is 2.36. The van der Waals surface area contributed by atoms with E-state index in [0.717, 1.165) is 51.6 Å². The van der Waals surface area contributed by atoms with E-state index in [1.54, 1.807) is 34.8 Å². The van der Waals surface area contributed by atoms with Crippen LogP contribution in [0.15, 0.2) is 30.5 Å². The number of aromatic nitrogens is 2. The highest BCUT2D eigenvalue weighted by atomic mass is 19.1. The van der Waals surface area contributed by atoms with Crippen molar-refractivity contribution in [3.63, 3.8) is 0 Å². The Balaban J connectivity index is 1.50. The third-order valence-corrected chi connectivity index (χ3v) is 8.85. The van der Waals surface area contributed by atoms with Crippen LogP contribution in [0, 0.1) is 17.7 Å². The van der Waals surface area contributed by atoms with Crippen molar-refractivity contribution in [1.29, 1.82) is 0 Å². The van der Waals surface area contributed by atoms with Crippen molar-refractivity contribution in [3.05, 3.63) is 41.8 Å². The van der Waals surface area contributed by atoms with Crippen LogP contribution in [-0.2, 0) is 25.6 Å². The number of anilines is 2. The Morgan fingerprint density at radius 1 is 0.956 bits per heavy atom. The lowest BCUT2D eigenvalue weighted by atomic mass is 9.84. The molecule has 1 aromatic carbocycles. The lowest BCUT2D eigenvalue weighted by Crippen LogP contribution is -2.54. The van der Waals surface area contributed by atoms with Gasteiger partial charge < -0.3 is 25.8 Å². The Labute approximate surface area is 265 Å². The fraction of sp³-hybridized carbons (Fsp3) is 0.606. The van der Waals surface area contributed by atoms with E-state index in [1.807, 2.05) is 20.9 Å². The summed E-state index contributed by atoms with van der Waals surface area (Å²) in [5.74, 6) is -2.79. The summed E-state index contributed by atoms with van der Waals surface area (Å²) < 4.78 is 17.2. The van der Waals surface area contributed by atoms with Gasteiger partial charge in [0.1, 0.15) is 23.6 Å². The van der Waals surface area contributed by atoms with Gasteiger partial charge in [0.05, 0.1) is 11.9 Å². The predicted octanol–water partition coefficient (Wildman–Crippen LogP) is 3.98. The summed E-state index contributed by atoms with van der Waals surface area (Å²) in [5.41, 5.74) is 0.469. The molecule has 12 heteroatoms. The number of hydrogen-bond donors (Lipinski definition) is 3. The van der Waals surface area contributed by atoms with Gasteiger partial charge >= 0.3 is 0 Å². The molecule has 246 valence electrons. The molecule has 4 amide bonds. The number of nitrogens with one attached hydrogen (secondary N) is 3. The first-order chi connectivity index (χ1) is 21.6. The number of carbonyl (C=O) groups excluding carboxylic acids is 4. The second kappa shape index (κ2) is 16.0. The molecule has 2 atom stereocenters. The van der Waals surface area contributed by atoms with Gasteiger partial charge in [-0.25, -0.2) is 9.07 Å². The SMILES string of the molecule is CCC(=O)N[C@H](Cc1ccc(NC(=O)[C@@H](C(=O)Nc2ccnn2C(C)C)C2CCCCCC2)c(F)c1)C(=O)N1CCN(C)CC1. The quantitative estimate of drug-likeness (QED) is 0.256. The van der Waals surface area contributed by atoms with Gasteiger partial charge in [-0.15, -0.1) is 0 Å². The van der Waals surface area contributed by atoms with Crippen LogP contribution in [0.25, 0.3) is 0 Å². The molecule has 0 unspecified atom stereocenters. The maximum atomic E-state index is 15.5. The molecule has 2 aromatic rings. The topological polar surface area (TPSA) is 129 Å². The summed E-state index contributed by atoms with van der Waals surface area (Å²) >= 11 is 0. The average molecular weight is 626 g/mol. The minimum absolute atomic E-state index is 0.0137. The minimum Gasteiger partial charge on any atom is -0.344 e. The van der Waals surface area contributed by atoms with Crippen LogP contribution < -0.4 is 16.0 Å². The van der Waals surface area contributed by atoms with Gasteiger partial charge in [0.25, 0.3) is 0 Å². The van der Waals surface area contributed by atoms with Gasteiger partial charge in [0.15, 0.2) is 0 Å². The predicted molar refractivity (Wildman–Crippen MR) is 171 cm³/mol. The highest BCUT2D eigenvalue weighted by Crippen LogP contribution is 2.31. The summed E-state index contributed by atoms with van der Waals surface area (Å²) in [4.78, 5) is 56.8. The van der Waals surface area contributed by atoms with Crippen molar-refractivity contribution in [2.75, 3.05) is 43.9 Å². The molecule has 0 bridgehead atoms. The largest absolute Gasteiger partial charge is 0.344 e. The zero-order valence-electron chi connectivity index (χ0n) is 27.0. The van der Waals surface area contributed by atoms with E-state index < -0.39 is 29.6 Å². The summed E-state index contributed by atoms with van der Waals surface area (Å²) in [6.07, 6.45) is 7.38. The van der Waals surface area contributed by atoms with Crippen molar-refractivity contribution >= 4 is 35.1 Å². The molecule has 1 saturated heterocycles. The molecule has 0 spiro atoms. The molecule has 1 aliphatic heterocycles. The molecule has 1 aromatic heterocycles. The van der Waals surface area contributed by atoms with Crippen LogP contribution in [-0.4, -0.2) is 82.5 Å². The minimum atomic E-state index is -1.01. The Hall–Kier alpha value is -3.80. The van der Waals surface area contributed by atoms with Crippen LogP contribution >= 0.6 is 0 Å². The van der Waals surface area contributed by atoms with Gasteiger partial charge in [-0.1, -0.05) is 38.7 Å². The molecule has 2 fully saturated rings. The van der Waals surface area contributed by atoms with Crippen molar-refractivity contribution in [1.82, 2.24) is 24.9 Å². The second-order valence-corrected chi connectivity index (χ2v) is 12.6. The monoisotopic (exact) mass is 625 g/mol. The molecule has 11 nitrogen and oxygen atoms in total. The summed E-state index contributed by atoms with van der Waals surface area (Å²) in [6.45, 7) is 8.21. The summed E-state index contributed by atoms with van der Waals surface area (Å²) in [7, 11) is 1.99. The third-order valence-electron chi connectivity index (χ3n) is 8.85. The van der Waals surface area contributed by atoms with Gasteiger partial charge in [-0.2, -0.15) is 5.10 Å². The number of piperazine rings is 1. The maximum Gasteiger partial charge on any atom is 0.245 e. The molecular formula is C33H48FN7O4. The molecule has 45 heavy (non-hydrogen) atoms. The average Bonchev–Trinajstić information content (AvgIpc) is 3.32. The van der Waals surface area contributed by atoms with Crippen LogP contribution in [0.3, 0.4) is 0 Å². The Morgan fingerprint density at radius 2 is 1.62 bits per heavy atom. The Morgan fingerprint density at radius 3 is 2.24 bits per heavy atom. The van der Waals surface area contributed by atoms with E-state index in [1.165, 1.54) is 12.1 Å². The molecule has 0 radical (unpaired) electrons. The van der Waals surface area contributed by atoms with E-state index >= 15 is 4.39 Å². The van der Waals surface area contributed by atoms with Crippen LogP contribution in [0.2, 0.25) is 0 Å². The number of benzene rings is 1. The molecular weight excluding hydrogens is 577 g/mol. The number of rotatable bonds is 11. The number of halogens is 1. The number of carbonyl (C=O) groups is 4. The molecule has 2 aliphatic rings. The summed E-state index contributed by atoms with van der Waals surface area (Å²) in [6, 6.07) is 5.26. The van der Waals surface area contributed by atoms with Crippen LogP contribution in [0.4, 0.5) is 15.9 Å². The van der Waals surface area contributed by atoms with E-state index in [0.29, 0.717) is 24.5 Å². The summed E-state index contributed by atoms with van der Waals surface area (Å²) in [5, 5.41) is 12.6. The number of nitrogens with zero attached hydrogens (tertiary/aromatic N) is 4. The standard InChI is InChI=1S/C33H48FN7O4/c1-5-29(42)36-27(33(45)40-18-16-39(4)17-19-40)21-23-12-13-26(25(34)20-23)37-31(43)30(24-10-8-6-7-9-11-24)32(44)38-28-14-15-35-41(28)22(2)3/h12-15,20,22,24,27,30H,5-11,16-19,21H2,1-4H3,(H,36,42)(H,37,43)(H,38,44)/t27-,30+/m1/s1. The van der Waals surface area contributed by atoms with Gasteiger partial charge in [0.2, 0.25) is 23.6 Å². The fourth-order valence-electron chi connectivity index (χ4n) is 6.20. The van der Waals surface area contributed by atoms with Crippen LogP contribution in [0.5, 0.6) is 0 Å². The smallest absolute Gasteiger partial charge is 0.245 e. The lowest BCUT2D eigenvalue weighted by Gasteiger charge is -2.34. The second-order valence-electron chi connectivity index (χ2n) is 12.6. The highest BCUT2D eigenvalue weighted by molar-refractivity contribution is 6.10. The van der Waals surface area contributed by atoms with Crippen LogP contribution in [0.1, 0.15) is 77.3 Å². The van der Waals surface area contributed by atoms with Crippen molar-refractivity contribution in [2.45, 2.75) is 84.2 Å². The first-order valence-electron chi connectivity index (χ1n) is 16.3. The first-order valence-corrected chi connectivity index (χ1v) is 16.3. The molecule has 1 saturated carbocycles. The maximum absolute atomic E-state index is 15.5. The van der Waals surface area contributed by atoms with Crippen molar-refractivity contribution < 1.29 is 23.6 Å². The third kappa shape index (κ3) is 9.12. The van der Waals surface area contributed by atoms with Crippen molar-refractivity contribution in [3.8, 4) is 0 Å². The molecule has 4 rings (SSSR count).